The molecule has 0 spiro atoms. The number of hydrogen-bond acceptors (Lipinski definition) is 4. The third kappa shape index (κ3) is 3.94. The first-order chi connectivity index (χ1) is 10.1. The molecular formula is C15H11ClN2O3. The molecule has 6 heteroatoms. The largest absolute Gasteiger partial charge is 0.482 e. The quantitative estimate of drug-likeness (QED) is 0.620. The molecule has 0 saturated carbocycles. The van der Waals surface area contributed by atoms with E-state index in [1.807, 2.05) is 24.3 Å². The van der Waals surface area contributed by atoms with Crippen LogP contribution < -0.4 is 4.74 Å². The van der Waals surface area contributed by atoms with E-state index in [1.54, 1.807) is 6.07 Å². The Labute approximate surface area is 126 Å². The fourth-order valence-corrected chi connectivity index (χ4v) is 1.93. The first kappa shape index (κ1) is 14.8. The predicted octanol–water partition coefficient (Wildman–Crippen LogP) is 3.89. The van der Waals surface area contributed by atoms with Gasteiger partial charge in [-0.3, -0.25) is 10.1 Å². The normalized spacial score (nSPS) is 9.90. The Hall–Kier alpha value is -2.58. The van der Waals surface area contributed by atoms with Crippen LogP contribution in [0.4, 0.5) is 5.69 Å². The Morgan fingerprint density at radius 3 is 2.48 bits per heavy atom. The molecule has 0 aliphatic carbocycles. The lowest BCUT2D eigenvalue weighted by Crippen LogP contribution is -1.99. The zero-order chi connectivity index (χ0) is 15.2. The summed E-state index contributed by atoms with van der Waals surface area (Å²) in [5.74, 6) is 0.172. The summed E-state index contributed by atoms with van der Waals surface area (Å²) in [7, 11) is 0. The fourth-order valence-electron chi connectivity index (χ4n) is 1.76. The average molecular weight is 303 g/mol. The van der Waals surface area contributed by atoms with Gasteiger partial charge in [0.05, 0.1) is 17.4 Å². The van der Waals surface area contributed by atoms with Crippen molar-refractivity contribution in [3.05, 3.63) is 68.7 Å². The van der Waals surface area contributed by atoms with Crippen LogP contribution in [0.25, 0.3) is 0 Å². The summed E-state index contributed by atoms with van der Waals surface area (Å²) in [6.45, 7) is 0.204. The number of nitriles is 1. The second-order valence-corrected chi connectivity index (χ2v) is 4.75. The van der Waals surface area contributed by atoms with E-state index in [4.69, 9.17) is 21.6 Å². The Balaban J connectivity index is 2.09. The van der Waals surface area contributed by atoms with Crippen LogP contribution in [0.2, 0.25) is 5.02 Å². The van der Waals surface area contributed by atoms with Gasteiger partial charge < -0.3 is 4.74 Å². The molecule has 0 heterocycles. The summed E-state index contributed by atoms with van der Waals surface area (Å²) in [5.41, 5.74) is 1.61. The molecule has 0 bridgehead atoms. The van der Waals surface area contributed by atoms with Crippen molar-refractivity contribution < 1.29 is 9.66 Å². The lowest BCUT2D eigenvalue weighted by Gasteiger charge is -2.07. The minimum Gasteiger partial charge on any atom is -0.482 e. The Morgan fingerprint density at radius 2 is 1.86 bits per heavy atom. The summed E-state index contributed by atoms with van der Waals surface area (Å²) in [5, 5.41) is 19.8. The summed E-state index contributed by atoms with van der Waals surface area (Å²) >= 11 is 5.74. The number of hydrogen-bond donors (Lipinski definition) is 0. The summed E-state index contributed by atoms with van der Waals surface area (Å²) < 4.78 is 5.47. The van der Waals surface area contributed by atoms with Crippen LogP contribution in [0.5, 0.6) is 5.75 Å². The van der Waals surface area contributed by atoms with Gasteiger partial charge in [-0.1, -0.05) is 35.9 Å². The summed E-state index contributed by atoms with van der Waals surface area (Å²) in [4.78, 5) is 10.4. The minimum absolute atomic E-state index is 0.163. The molecule has 0 unspecified atom stereocenters. The van der Waals surface area contributed by atoms with Gasteiger partial charge in [-0.05, 0) is 23.3 Å². The lowest BCUT2D eigenvalue weighted by molar-refractivity contribution is -0.385. The highest BCUT2D eigenvalue weighted by Gasteiger charge is 2.15. The molecule has 0 aliphatic rings. The standard InChI is InChI=1S/C15H11ClN2O3/c16-13-5-6-15(14(9-13)18(19)20)21-10-12-3-1-11(2-4-12)7-8-17/h1-6,9H,7,10H2. The number of nitrogens with zero attached hydrogens (tertiary/aromatic N) is 2. The number of halogens is 1. The average Bonchev–Trinajstić information content (AvgIpc) is 2.47. The van der Waals surface area contributed by atoms with Gasteiger partial charge in [0.2, 0.25) is 0 Å². The van der Waals surface area contributed by atoms with E-state index < -0.39 is 4.92 Å². The first-order valence-corrected chi connectivity index (χ1v) is 6.49. The zero-order valence-corrected chi connectivity index (χ0v) is 11.7. The highest BCUT2D eigenvalue weighted by molar-refractivity contribution is 6.30. The van der Waals surface area contributed by atoms with E-state index in [-0.39, 0.29) is 23.1 Å². The van der Waals surface area contributed by atoms with Gasteiger partial charge in [-0.2, -0.15) is 5.26 Å². The maximum Gasteiger partial charge on any atom is 0.312 e. The second kappa shape index (κ2) is 6.73. The molecule has 0 aromatic heterocycles. The van der Waals surface area contributed by atoms with Crippen LogP contribution >= 0.6 is 11.6 Å². The van der Waals surface area contributed by atoms with E-state index >= 15 is 0 Å². The van der Waals surface area contributed by atoms with Gasteiger partial charge >= 0.3 is 5.69 Å². The van der Waals surface area contributed by atoms with Crippen molar-refractivity contribution in [1.82, 2.24) is 0 Å². The molecule has 0 N–H and O–H groups in total. The predicted molar refractivity (Wildman–Crippen MR) is 78.2 cm³/mol. The van der Waals surface area contributed by atoms with Crippen LogP contribution in [-0.2, 0) is 13.0 Å². The van der Waals surface area contributed by atoms with Crippen molar-refractivity contribution in [2.24, 2.45) is 0 Å². The van der Waals surface area contributed by atoms with Crippen molar-refractivity contribution in [2.45, 2.75) is 13.0 Å². The molecule has 5 nitrogen and oxygen atoms in total. The molecule has 0 radical (unpaired) electrons. The SMILES string of the molecule is N#CCc1ccc(COc2ccc(Cl)cc2[N+](=O)[O-])cc1. The van der Waals surface area contributed by atoms with Gasteiger partial charge in [-0.25, -0.2) is 0 Å². The van der Waals surface area contributed by atoms with Gasteiger partial charge in [0.1, 0.15) is 6.61 Å². The second-order valence-electron chi connectivity index (χ2n) is 4.31. The Kier molecular flexibility index (Phi) is 4.75. The van der Waals surface area contributed by atoms with Gasteiger partial charge in [0.25, 0.3) is 0 Å². The number of nitro benzene ring substituents is 1. The number of rotatable bonds is 5. The summed E-state index contributed by atoms with van der Waals surface area (Å²) in [6, 6.07) is 13.7. The monoisotopic (exact) mass is 302 g/mol. The number of ether oxygens (including phenoxy) is 1. The van der Waals surface area contributed by atoms with Crippen molar-refractivity contribution >= 4 is 17.3 Å². The van der Waals surface area contributed by atoms with Gasteiger partial charge in [0.15, 0.2) is 5.75 Å². The fraction of sp³-hybridized carbons (Fsp3) is 0.133. The number of nitro groups is 1. The molecular weight excluding hydrogens is 292 g/mol. The van der Waals surface area contributed by atoms with Crippen LogP contribution in [0.15, 0.2) is 42.5 Å². The zero-order valence-electron chi connectivity index (χ0n) is 11.0. The minimum atomic E-state index is -0.531. The molecule has 0 fully saturated rings. The topological polar surface area (TPSA) is 76.2 Å². The molecule has 2 aromatic carbocycles. The smallest absolute Gasteiger partial charge is 0.312 e. The molecule has 2 aromatic rings. The number of benzene rings is 2. The highest BCUT2D eigenvalue weighted by atomic mass is 35.5. The van der Waals surface area contributed by atoms with Gasteiger partial charge in [-0.15, -0.1) is 0 Å². The lowest BCUT2D eigenvalue weighted by atomic mass is 10.1. The molecule has 0 aliphatic heterocycles. The molecule has 21 heavy (non-hydrogen) atoms. The van der Waals surface area contributed by atoms with Gasteiger partial charge in [0, 0.05) is 11.1 Å². The molecule has 0 amide bonds. The van der Waals surface area contributed by atoms with E-state index in [0.717, 1.165) is 11.1 Å². The van der Waals surface area contributed by atoms with Crippen molar-refractivity contribution in [3.8, 4) is 11.8 Å². The van der Waals surface area contributed by atoms with Crippen molar-refractivity contribution in [1.29, 1.82) is 5.26 Å². The summed E-state index contributed by atoms with van der Waals surface area (Å²) in [6.07, 6.45) is 0.351. The maximum atomic E-state index is 10.9. The highest BCUT2D eigenvalue weighted by Crippen LogP contribution is 2.30. The third-order valence-electron chi connectivity index (χ3n) is 2.82. The van der Waals surface area contributed by atoms with E-state index in [1.165, 1.54) is 12.1 Å². The Bertz CT molecular complexity index is 693. The van der Waals surface area contributed by atoms with Crippen molar-refractivity contribution in [3.63, 3.8) is 0 Å². The molecule has 2 rings (SSSR count). The molecule has 0 saturated heterocycles. The van der Waals surface area contributed by atoms with E-state index in [2.05, 4.69) is 6.07 Å². The van der Waals surface area contributed by atoms with Crippen LogP contribution in [0.1, 0.15) is 11.1 Å². The molecule has 106 valence electrons. The van der Waals surface area contributed by atoms with E-state index in [9.17, 15) is 10.1 Å². The van der Waals surface area contributed by atoms with E-state index in [0.29, 0.717) is 6.42 Å². The third-order valence-corrected chi connectivity index (χ3v) is 3.05. The first-order valence-electron chi connectivity index (χ1n) is 6.11. The molecule has 0 atom stereocenters. The van der Waals surface area contributed by atoms with Crippen LogP contribution in [0.3, 0.4) is 0 Å². The maximum absolute atomic E-state index is 10.9. The van der Waals surface area contributed by atoms with Crippen LogP contribution in [-0.4, -0.2) is 4.92 Å². The van der Waals surface area contributed by atoms with Crippen molar-refractivity contribution in [2.75, 3.05) is 0 Å². The Morgan fingerprint density at radius 1 is 1.19 bits per heavy atom. The van der Waals surface area contributed by atoms with Crippen LogP contribution in [0, 0.1) is 21.4 Å².